The molecule has 5 nitrogen and oxygen atoms in total. The lowest BCUT2D eigenvalue weighted by atomic mass is 10.1. The first kappa shape index (κ1) is 16.4. The van der Waals surface area contributed by atoms with Gasteiger partial charge >= 0.3 is 6.18 Å². The zero-order valence-electron chi connectivity index (χ0n) is 12.5. The van der Waals surface area contributed by atoms with Gasteiger partial charge in [0.25, 0.3) is 0 Å². The van der Waals surface area contributed by atoms with Crippen LogP contribution >= 0.6 is 0 Å². The van der Waals surface area contributed by atoms with Crippen LogP contribution in [0.5, 0.6) is 0 Å². The number of ether oxygens (including phenoxy) is 1. The molecule has 0 aliphatic carbocycles. The summed E-state index contributed by atoms with van der Waals surface area (Å²) in [5.74, 6) is -0.551. The minimum atomic E-state index is -4.76. The Morgan fingerprint density at radius 3 is 2.58 bits per heavy atom. The molecule has 1 fully saturated rings. The summed E-state index contributed by atoms with van der Waals surface area (Å²) in [7, 11) is 0. The zero-order valence-corrected chi connectivity index (χ0v) is 12.5. The highest BCUT2D eigenvalue weighted by Gasteiger charge is 2.34. The van der Waals surface area contributed by atoms with E-state index in [0.29, 0.717) is 38.2 Å². The van der Waals surface area contributed by atoms with E-state index in [2.05, 4.69) is 15.3 Å². The van der Waals surface area contributed by atoms with Crippen molar-refractivity contribution in [2.75, 3.05) is 36.5 Å². The Balaban J connectivity index is 1.84. The lowest BCUT2D eigenvalue weighted by Gasteiger charge is -2.27. The van der Waals surface area contributed by atoms with Crippen molar-refractivity contribution in [2.24, 2.45) is 0 Å². The second-order valence-corrected chi connectivity index (χ2v) is 5.15. The molecular formula is C15H14F4N4O. The summed E-state index contributed by atoms with van der Waals surface area (Å²) >= 11 is 0. The number of hydrogen-bond donors (Lipinski definition) is 1. The van der Waals surface area contributed by atoms with Gasteiger partial charge in [0.1, 0.15) is 18.0 Å². The summed E-state index contributed by atoms with van der Waals surface area (Å²) in [5.41, 5.74) is -1.62. The minimum absolute atomic E-state index is 0.213. The molecule has 24 heavy (non-hydrogen) atoms. The third-order valence-electron chi connectivity index (χ3n) is 3.55. The van der Waals surface area contributed by atoms with Crippen LogP contribution in [0.15, 0.2) is 30.6 Å². The number of hydrogen-bond acceptors (Lipinski definition) is 5. The summed E-state index contributed by atoms with van der Waals surface area (Å²) in [6, 6.07) is 4.62. The molecule has 0 atom stereocenters. The highest BCUT2D eigenvalue weighted by molar-refractivity contribution is 5.61. The van der Waals surface area contributed by atoms with Gasteiger partial charge in [-0.25, -0.2) is 14.4 Å². The van der Waals surface area contributed by atoms with Gasteiger partial charge in [-0.2, -0.15) is 13.2 Å². The first-order valence-corrected chi connectivity index (χ1v) is 7.22. The molecular weight excluding hydrogens is 328 g/mol. The van der Waals surface area contributed by atoms with Gasteiger partial charge in [-0.1, -0.05) is 6.07 Å². The molecule has 1 saturated heterocycles. The van der Waals surface area contributed by atoms with Gasteiger partial charge in [0.15, 0.2) is 5.82 Å². The SMILES string of the molecule is Fc1c(Nc2cc(N3CCOCC3)ncn2)cccc1C(F)(F)F. The van der Waals surface area contributed by atoms with Crippen LogP contribution in [0.4, 0.5) is 34.9 Å². The second-order valence-electron chi connectivity index (χ2n) is 5.15. The molecule has 2 aromatic rings. The predicted molar refractivity (Wildman–Crippen MR) is 79.7 cm³/mol. The number of nitrogens with zero attached hydrogens (tertiary/aromatic N) is 3. The van der Waals surface area contributed by atoms with E-state index in [1.165, 1.54) is 12.4 Å². The van der Waals surface area contributed by atoms with Crippen LogP contribution in [0.3, 0.4) is 0 Å². The van der Waals surface area contributed by atoms with E-state index in [0.717, 1.165) is 6.07 Å². The van der Waals surface area contributed by atoms with E-state index >= 15 is 0 Å². The van der Waals surface area contributed by atoms with E-state index < -0.39 is 17.6 Å². The molecule has 0 saturated carbocycles. The maximum Gasteiger partial charge on any atom is 0.419 e. The fourth-order valence-corrected chi connectivity index (χ4v) is 2.37. The van der Waals surface area contributed by atoms with Gasteiger partial charge in [-0.15, -0.1) is 0 Å². The van der Waals surface area contributed by atoms with Gasteiger partial charge in [0, 0.05) is 19.2 Å². The molecule has 1 aromatic carbocycles. The van der Waals surface area contributed by atoms with Crippen LogP contribution in [0.25, 0.3) is 0 Å². The number of anilines is 3. The van der Waals surface area contributed by atoms with E-state index in [4.69, 9.17) is 4.74 Å². The van der Waals surface area contributed by atoms with E-state index in [1.807, 2.05) is 4.90 Å². The summed E-state index contributed by atoms with van der Waals surface area (Å²) in [6.45, 7) is 2.42. The highest BCUT2D eigenvalue weighted by atomic mass is 19.4. The molecule has 128 valence electrons. The van der Waals surface area contributed by atoms with Crippen LogP contribution in [0, 0.1) is 5.82 Å². The number of benzene rings is 1. The number of nitrogens with one attached hydrogen (secondary N) is 1. The number of aromatic nitrogens is 2. The molecule has 1 aliphatic heterocycles. The Labute approximate surface area is 135 Å². The molecule has 2 heterocycles. The van der Waals surface area contributed by atoms with Gasteiger partial charge in [0.2, 0.25) is 0 Å². The molecule has 0 spiro atoms. The molecule has 9 heteroatoms. The summed E-state index contributed by atoms with van der Waals surface area (Å²) in [6.07, 6.45) is -3.48. The Hall–Kier alpha value is -2.42. The first-order chi connectivity index (χ1) is 11.4. The van der Waals surface area contributed by atoms with E-state index in [-0.39, 0.29) is 11.5 Å². The zero-order chi connectivity index (χ0) is 17.2. The third kappa shape index (κ3) is 3.56. The molecule has 0 amide bonds. The van der Waals surface area contributed by atoms with Crippen LogP contribution < -0.4 is 10.2 Å². The van der Waals surface area contributed by atoms with Crippen molar-refractivity contribution in [3.05, 3.63) is 42.0 Å². The van der Waals surface area contributed by atoms with Crippen molar-refractivity contribution >= 4 is 17.3 Å². The highest BCUT2D eigenvalue weighted by Crippen LogP contribution is 2.34. The van der Waals surface area contributed by atoms with Crippen molar-refractivity contribution < 1.29 is 22.3 Å². The van der Waals surface area contributed by atoms with Gasteiger partial charge in [0.05, 0.1) is 24.5 Å². The number of alkyl halides is 3. The van der Waals surface area contributed by atoms with Crippen LogP contribution in [0.1, 0.15) is 5.56 Å². The Bertz CT molecular complexity index is 717. The molecule has 1 aromatic heterocycles. The van der Waals surface area contributed by atoms with Crippen molar-refractivity contribution in [1.29, 1.82) is 0 Å². The van der Waals surface area contributed by atoms with Crippen molar-refractivity contribution in [1.82, 2.24) is 9.97 Å². The smallest absolute Gasteiger partial charge is 0.378 e. The van der Waals surface area contributed by atoms with Gasteiger partial charge in [-0.3, -0.25) is 0 Å². The summed E-state index contributed by atoms with van der Waals surface area (Å²) in [4.78, 5) is 10.0. The van der Waals surface area contributed by atoms with Crippen molar-refractivity contribution in [2.45, 2.75) is 6.18 Å². The Morgan fingerprint density at radius 1 is 1.12 bits per heavy atom. The lowest BCUT2D eigenvalue weighted by Crippen LogP contribution is -2.36. The Morgan fingerprint density at radius 2 is 1.88 bits per heavy atom. The van der Waals surface area contributed by atoms with E-state index in [9.17, 15) is 17.6 Å². The van der Waals surface area contributed by atoms with Crippen LogP contribution in [0.2, 0.25) is 0 Å². The number of rotatable bonds is 3. The number of morpholine rings is 1. The van der Waals surface area contributed by atoms with Crippen molar-refractivity contribution in [3.8, 4) is 0 Å². The quantitative estimate of drug-likeness (QED) is 0.868. The molecule has 3 rings (SSSR count). The normalized spacial score (nSPS) is 15.4. The average Bonchev–Trinajstić information content (AvgIpc) is 2.57. The lowest BCUT2D eigenvalue weighted by molar-refractivity contribution is -0.139. The van der Waals surface area contributed by atoms with Gasteiger partial charge < -0.3 is 15.0 Å². The standard InChI is InChI=1S/C15H14F4N4O/c16-14-10(15(17,18)19)2-1-3-11(14)22-12-8-13(21-9-20-12)23-4-6-24-7-5-23/h1-3,8-9H,4-7H2,(H,20,21,22). The van der Waals surface area contributed by atoms with Crippen LogP contribution in [-0.2, 0) is 10.9 Å². The molecule has 1 N–H and O–H groups in total. The summed E-state index contributed by atoms with van der Waals surface area (Å²) < 4.78 is 57.6. The molecule has 0 radical (unpaired) electrons. The topological polar surface area (TPSA) is 50.3 Å². The second kappa shape index (κ2) is 6.60. The fraction of sp³-hybridized carbons (Fsp3) is 0.333. The maximum absolute atomic E-state index is 14.1. The minimum Gasteiger partial charge on any atom is -0.378 e. The maximum atomic E-state index is 14.1. The monoisotopic (exact) mass is 342 g/mol. The Kier molecular flexibility index (Phi) is 4.52. The van der Waals surface area contributed by atoms with Crippen LogP contribution in [-0.4, -0.2) is 36.3 Å². The number of halogens is 4. The molecule has 0 bridgehead atoms. The third-order valence-corrected chi connectivity index (χ3v) is 3.55. The average molecular weight is 342 g/mol. The summed E-state index contributed by atoms with van der Waals surface area (Å²) in [5, 5.41) is 2.58. The largest absolute Gasteiger partial charge is 0.419 e. The fourth-order valence-electron chi connectivity index (χ4n) is 2.37. The molecule has 0 unspecified atom stereocenters. The predicted octanol–water partition coefficient (Wildman–Crippen LogP) is 3.21. The van der Waals surface area contributed by atoms with Gasteiger partial charge in [-0.05, 0) is 12.1 Å². The first-order valence-electron chi connectivity index (χ1n) is 7.22. The van der Waals surface area contributed by atoms with Crippen molar-refractivity contribution in [3.63, 3.8) is 0 Å². The molecule has 1 aliphatic rings. The van der Waals surface area contributed by atoms with E-state index in [1.54, 1.807) is 6.07 Å².